The number of benzene rings is 2. The number of rotatable bonds is 16. The zero-order chi connectivity index (χ0) is 32.0. The van der Waals surface area contributed by atoms with Gasteiger partial charge in [-0.3, -0.25) is 14.4 Å². The Kier molecular flexibility index (Phi) is 14.2. The van der Waals surface area contributed by atoms with Gasteiger partial charge in [-0.1, -0.05) is 92.3 Å². The summed E-state index contributed by atoms with van der Waals surface area (Å²) in [4.78, 5) is 54.5. The summed E-state index contributed by atoms with van der Waals surface area (Å²) in [5.74, 6) is -1.40. The molecule has 2 aromatic rings. The molecule has 0 saturated heterocycles. The van der Waals surface area contributed by atoms with E-state index in [1.165, 1.54) is 0 Å². The summed E-state index contributed by atoms with van der Waals surface area (Å²) in [6.07, 6.45) is 3.79. The third-order valence-corrected chi connectivity index (χ3v) is 6.88. The second-order valence-corrected chi connectivity index (χ2v) is 12.2. The van der Waals surface area contributed by atoms with Crippen molar-refractivity contribution < 1.29 is 23.9 Å². The quantitative estimate of drug-likeness (QED) is 0.217. The van der Waals surface area contributed by atoms with Crippen molar-refractivity contribution in [2.45, 2.75) is 111 Å². The highest BCUT2D eigenvalue weighted by atomic mass is 16.6. The molecule has 9 heteroatoms. The first-order valence-electron chi connectivity index (χ1n) is 15.3. The number of primary amides is 1. The molecule has 2 unspecified atom stereocenters. The smallest absolute Gasteiger partial charge is 0.408 e. The first kappa shape index (κ1) is 35.3. The first-order chi connectivity index (χ1) is 20.3. The summed E-state index contributed by atoms with van der Waals surface area (Å²) in [6.45, 7) is 11.8. The molecular weight excluding hydrogens is 544 g/mol. The Hall–Kier alpha value is -3.88. The second-order valence-electron chi connectivity index (χ2n) is 12.2. The molecule has 0 aliphatic heterocycles. The molecule has 4 amide bonds. The Morgan fingerprint density at radius 3 is 2.14 bits per heavy atom. The van der Waals surface area contributed by atoms with Gasteiger partial charge in [0.15, 0.2) is 0 Å². The number of nitrogens with zero attached hydrogens (tertiary/aromatic N) is 1. The van der Waals surface area contributed by atoms with Gasteiger partial charge in [0.05, 0.1) is 0 Å². The Morgan fingerprint density at radius 1 is 0.930 bits per heavy atom. The molecule has 2 rings (SSSR count). The maximum Gasteiger partial charge on any atom is 0.408 e. The number of nitrogens with one attached hydrogen (secondary N) is 2. The predicted molar refractivity (Wildman–Crippen MR) is 169 cm³/mol. The van der Waals surface area contributed by atoms with E-state index in [1.54, 1.807) is 25.7 Å². The van der Waals surface area contributed by atoms with Gasteiger partial charge in [-0.25, -0.2) is 4.79 Å². The fourth-order valence-corrected chi connectivity index (χ4v) is 4.97. The molecular formula is C34H50N4O5. The lowest BCUT2D eigenvalue weighted by Gasteiger charge is -2.35. The number of alkyl carbamates (subject to hydrolysis) is 1. The van der Waals surface area contributed by atoms with Crippen molar-refractivity contribution in [3.8, 4) is 0 Å². The average Bonchev–Trinajstić information content (AvgIpc) is 2.92. The van der Waals surface area contributed by atoms with Crippen LogP contribution in [0.3, 0.4) is 0 Å². The molecule has 0 saturated carbocycles. The summed E-state index contributed by atoms with van der Waals surface area (Å²) in [5, 5.41) is 5.68. The van der Waals surface area contributed by atoms with Crippen molar-refractivity contribution in [2.75, 3.05) is 6.54 Å². The Labute approximate surface area is 256 Å². The third-order valence-electron chi connectivity index (χ3n) is 6.88. The minimum Gasteiger partial charge on any atom is -0.444 e. The summed E-state index contributed by atoms with van der Waals surface area (Å²) in [5.41, 5.74) is 8.17. The fraction of sp³-hybridized carbons (Fsp3) is 0.529. The highest BCUT2D eigenvalue weighted by Crippen LogP contribution is 2.26. The number of carbonyl (C=O) groups is 4. The van der Waals surface area contributed by atoms with E-state index in [4.69, 9.17) is 10.5 Å². The zero-order valence-electron chi connectivity index (χ0n) is 26.7. The van der Waals surface area contributed by atoms with Crippen molar-refractivity contribution >= 4 is 23.8 Å². The third kappa shape index (κ3) is 12.9. The van der Waals surface area contributed by atoms with Crippen LogP contribution in [0.2, 0.25) is 0 Å². The van der Waals surface area contributed by atoms with E-state index in [0.717, 1.165) is 42.4 Å². The number of hydrogen-bond acceptors (Lipinski definition) is 5. The van der Waals surface area contributed by atoms with Crippen LogP contribution in [0.5, 0.6) is 0 Å². The van der Waals surface area contributed by atoms with Crippen LogP contribution in [0.1, 0.15) is 101 Å². The molecule has 9 nitrogen and oxygen atoms in total. The Morgan fingerprint density at radius 2 is 1.56 bits per heavy atom. The lowest BCUT2D eigenvalue weighted by atomic mass is 9.97. The molecule has 2 atom stereocenters. The number of amides is 4. The lowest BCUT2D eigenvalue weighted by molar-refractivity contribution is -0.143. The molecule has 0 radical (unpaired) electrons. The second kappa shape index (κ2) is 17.3. The Bertz CT molecular complexity index is 1190. The van der Waals surface area contributed by atoms with Gasteiger partial charge in [-0.15, -0.1) is 0 Å². The van der Waals surface area contributed by atoms with E-state index < -0.39 is 35.6 Å². The molecule has 0 bridgehead atoms. The summed E-state index contributed by atoms with van der Waals surface area (Å²) in [6, 6.07) is 13.3. The predicted octanol–water partition coefficient (Wildman–Crippen LogP) is 5.62. The number of carbonyl (C=O) groups excluding carboxylic acids is 4. The van der Waals surface area contributed by atoms with Gasteiger partial charge in [0.25, 0.3) is 0 Å². The monoisotopic (exact) mass is 594 g/mol. The van der Waals surface area contributed by atoms with E-state index in [0.29, 0.717) is 25.1 Å². The molecule has 0 heterocycles. The topological polar surface area (TPSA) is 131 Å². The molecule has 236 valence electrons. The molecule has 0 fully saturated rings. The van der Waals surface area contributed by atoms with Crippen LogP contribution < -0.4 is 16.4 Å². The maximum atomic E-state index is 14.4. The van der Waals surface area contributed by atoms with Gasteiger partial charge >= 0.3 is 6.09 Å². The number of nitrogens with two attached hydrogens (primary N) is 1. The Balaban J connectivity index is 2.53. The van der Waals surface area contributed by atoms with Gasteiger partial charge in [-0.05, 0) is 58.6 Å². The molecule has 0 aliphatic carbocycles. The number of unbranched alkanes of at least 4 members (excludes halogenated alkanes) is 4. The number of ether oxygens (including phenoxy) is 1. The van der Waals surface area contributed by atoms with Gasteiger partial charge in [0, 0.05) is 19.5 Å². The number of aryl methyl sites for hydroxylation is 2. The number of hydrogen-bond donors (Lipinski definition) is 3. The molecule has 0 aromatic heterocycles. The largest absolute Gasteiger partial charge is 0.444 e. The van der Waals surface area contributed by atoms with E-state index in [1.807, 2.05) is 62.4 Å². The van der Waals surface area contributed by atoms with Gasteiger partial charge in [-0.2, -0.15) is 0 Å². The SMILES string of the molecule is CCCCCCCN(C(=O)C(CCC(N)=O)NC(=O)OC(C)(C)C)C(C(=O)NCc1ccccc1)c1cc(C)cc(C)c1. The van der Waals surface area contributed by atoms with Crippen molar-refractivity contribution in [2.24, 2.45) is 5.73 Å². The van der Waals surface area contributed by atoms with E-state index in [2.05, 4.69) is 17.6 Å². The van der Waals surface area contributed by atoms with Crippen molar-refractivity contribution in [3.05, 3.63) is 70.8 Å². The highest BCUT2D eigenvalue weighted by molar-refractivity contribution is 5.92. The van der Waals surface area contributed by atoms with Crippen LogP contribution in [0.4, 0.5) is 4.79 Å². The van der Waals surface area contributed by atoms with E-state index in [9.17, 15) is 19.2 Å². The normalized spacial score (nSPS) is 12.6. The van der Waals surface area contributed by atoms with Crippen molar-refractivity contribution in [3.63, 3.8) is 0 Å². The fourth-order valence-electron chi connectivity index (χ4n) is 4.97. The van der Waals surface area contributed by atoms with E-state index in [-0.39, 0.29) is 18.7 Å². The molecule has 43 heavy (non-hydrogen) atoms. The van der Waals surface area contributed by atoms with Crippen LogP contribution in [0.25, 0.3) is 0 Å². The standard InChI is InChI=1S/C34H50N4O5/c1-7-8-9-10-14-19-38(32(41)28(17-18-29(35)39)37-33(42)43-34(4,5)6)30(27-21-24(2)20-25(3)22-27)31(40)36-23-26-15-12-11-13-16-26/h11-13,15-16,20-22,28,30H,7-10,14,17-19,23H2,1-6H3,(H2,35,39)(H,36,40)(H,37,42). The van der Waals surface area contributed by atoms with Crippen molar-refractivity contribution in [1.29, 1.82) is 0 Å². The zero-order valence-corrected chi connectivity index (χ0v) is 26.7. The minimum atomic E-state index is -1.12. The summed E-state index contributed by atoms with van der Waals surface area (Å²) in [7, 11) is 0. The molecule has 2 aromatic carbocycles. The van der Waals surface area contributed by atoms with Crippen LogP contribution in [-0.2, 0) is 25.7 Å². The van der Waals surface area contributed by atoms with Crippen LogP contribution in [-0.4, -0.2) is 46.9 Å². The average molecular weight is 595 g/mol. The lowest BCUT2D eigenvalue weighted by Crippen LogP contribution is -2.53. The summed E-state index contributed by atoms with van der Waals surface area (Å²) < 4.78 is 5.43. The highest BCUT2D eigenvalue weighted by Gasteiger charge is 2.36. The van der Waals surface area contributed by atoms with E-state index >= 15 is 0 Å². The summed E-state index contributed by atoms with van der Waals surface area (Å²) >= 11 is 0. The molecule has 0 aliphatic rings. The molecule has 4 N–H and O–H groups in total. The van der Waals surface area contributed by atoms with Crippen LogP contribution >= 0.6 is 0 Å². The van der Waals surface area contributed by atoms with Crippen molar-refractivity contribution in [1.82, 2.24) is 15.5 Å². The first-order valence-corrected chi connectivity index (χ1v) is 15.3. The van der Waals surface area contributed by atoms with Gasteiger partial charge in [0.1, 0.15) is 17.7 Å². The van der Waals surface area contributed by atoms with Crippen LogP contribution in [0.15, 0.2) is 48.5 Å². The van der Waals surface area contributed by atoms with Gasteiger partial charge < -0.3 is 26.0 Å². The molecule has 0 spiro atoms. The minimum absolute atomic E-state index is 0.0229. The van der Waals surface area contributed by atoms with Crippen LogP contribution in [0, 0.1) is 13.8 Å². The van der Waals surface area contributed by atoms with Gasteiger partial charge in [0.2, 0.25) is 17.7 Å². The maximum absolute atomic E-state index is 14.4.